The molecule has 0 spiro atoms. The Balaban J connectivity index is 1.72. The molecule has 2 saturated heterocycles. The molecule has 1 saturated carbocycles. The largest absolute Gasteiger partial charge is 0.504 e. The van der Waals surface area contributed by atoms with Crippen LogP contribution in [-0.2, 0) is 19.2 Å². The van der Waals surface area contributed by atoms with Crippen molar-refractivity contribution in [2.75, 3.05) is 19.1 Å². The zero-order chi connectivity index (χ0) is 26.2. The molecule has 0 radical (unpaired) electrons. The number of alkyl halides is 3. The molecule has 1 aromatic carbocycles. The first-order valence-corrected chi connectivity index (χ1v) is 13.7. The highest BCUT2D eigenvalue weighted by molar-refractivity contribution is 9.09. The number of carbonyl (C=O) groups excluding carboxylic acids is 4. The Hall–Kier alpha value is -2.10. The number of phenolic OH excluding ortho intramolecular Hbond substituents is 1. The Labute approximate surface area is 226 Å². The Bertz CT molecular complexity index is 1220. The summed E-state index contributed by atoms with van der Waals surface area (Å²) in [5.74, 6) is -4.40. The molecule has 3 fully saturated rings. The van der Waals surface area contributed by atoms with Crippen LogP contribution in [0.5, 0.6) is 11.5 Å². The second kappa shape index (κ2) is 8.74. The van der Waals surface area contributed by atoms with Gasteiger partial charge in [0.2, 0.25) is 11.8 Å². The fourth-order valence-corrected chi connectivity index (χ4v) is 7.94. The fourth-order valence-electron chi connectivity index (χ4n) is 6.51. The molecule has 4 amide bonds. The van der Waals surface area contributed by atoms with Gasteiger partial charge in [0.1, 0.15) is 0 Å². The van der Waals surface area contributed by atoms with Crippen molar-refractivity contribution in [1.29, 1.82) is 0 Å². The Morgan fingerprint density at radius 2 is 1.83 bits per heavy atom. The number of allylic oxidation sites excluding steroid dienone is 2. The Morgan fingerprint density at radius 3 is 2.47 bits per heavy atom. The number of hydrogen-bond acceptors (Lipinski definition) is 6. The first kappa shape index (κ1) is 25.5. The van der Waals surface area contributed by atoms with Crippen LogP contribution in [0, 0.1) is 17.8 Å². The van der Waals surface area contributed by atoms with E-state index in [1.54, 1.807) is 12.1 Å². The van der Waals surface area contributed by atoms with Crippen molar-refractivity contribution in [3.8, 4) is 11.5 Å². The lowest BCUT2D eigenvalue weighted by molar-refractivity contribution is -0.141. The topological polar surface area (TPSA) is 104 Å². The van der Waals surface area contributed by atoms with E-state index in [0.717, 1.165) is 4.90 Å². The van der Waals surface area contributed by atoms with Gasteiger partial charge in [-0.3, -0.25) is 29.0 Å². The smallest absolute Gasteiger partial charge is 0.254 e. The van der Waals surface area contributed by atoms with E-state index in [-0.39, 0.29) is 35.2 Å². The normalized spacial score (nSPS) is 35.5. The second-order valence-electron chi connectivity index (χ2n) is 9.75. The molecular formula is C25H25BrCl2N2O6. The predicted molar refractivity (Wildman–Crippen MR) is 135 cm³/mol. The summed E-state index contributed by atoms with van der Waals surface area (Å²) in [7, 11) is 1.40. The van der Waals surface area contributed by atoms with Gasteiger partial charge >= 0.3 is 0 Å². The zero-order valence-corrected chi connectivity index (χ0v) is 22.8. The molecule has 1 aromatic rings. The molecule has 192 valence electrons. The van der Waals surface area contributed by atoms with E-state index in [1.807, 2.05) is 13.0 Å². The number of carbonyl (C=O) groups is 4. The number of fused-ring (bicyclic) bond motifs is 4. The van der Waals surface area contributed by atoms with Crippen LogP contribution in [0.1, 0.15) is 37.7 Å². The Morgan fingerprint density at radius 1 is 1.11 bits per heavy atom. The van der Waals surface area contributed by atoms with Crippen molar-refractivity contribution < 1.29 is 29.0 Å². The third kappa shape index (κ3) is 3.11. The maximum Gasteiger partial charge on any atom is 0.254 e. The summed E-state index contributed by atoms with van der Waals surface area (Å²) in [6, 6.07) is 4.60. The van der Waals surface area contributed by atoms with Crippen molar-refractivity contribution in [1.82, 2.24) is 9.80 Å². The first-order chi connectivity index (χ1) is 17.1. The molecule has 5 rings (SSSR count). The number of rotatable bonds is 5. The molecule has 4 aliphatic rings. The maximum atomic E-state index is 13.7. The van der Waals surface area contributed by atoms with E-state index >= 15 is 0 Å². The van der Waals surface area contributed by atoms with Crippen LogP contribution in [-0.4, -0.2) is 67.4 Å². The summed E-state index contributed by atoms with van der Waals surface area (Å²) in [5.41, 5.74) is 1.13. The van der Waals surface area contributed by atoms with Crippen LogP contribution in [0.25, 0.3) is 0 Å². The quantitative estimate of drug-likeness (QED) is 0.240. The van der Waals surface area contributed by atoms with E-state index in [9.17, 15) is 24.3 Å². The van der Waals surface area contributed by atoms with Crippen molar-refractivity contribution in [3.05, 3.63) is 35.4 Å². The van der Waals surface area contributed by atoms with Gasteiger partial charge in [0, 0.05) is 12.5 Å². The highest BCUT2D eigenvalue weighted by Crippen LogP contribution is 2.65. The molecule has 0 aromatic heterocycles. The summed E-state index contributed by atoms with van der Waals surface area (Å²) in [5, 5.41) is 10.2. The van der Waals surface area contributed by atoms with Crippen molar-refractivity contribution in [2.45, 2.75) is 41.9 Å². The average Bonchev–Trinajstić information content (AvgIpc) is 3.18. The number of likely N-dealkylation sites (tertiary alicyclic amines) is 2. The molecule has 2 heterocycles. The minimum absolute atomic E-state index is 0.0518. The minimum Gasteiger partial charge on any atom is -0.504 e. The second-order valence-corrected chi connectivity index (χ2v) is 11.5. The number of benzene rings is 1. The molecule has 2 aliphatic heterocycles. The van der Waals surface area contributed by atoms with Crippen LogP contribution in [0.3, 0.4) is 0 Å². The lowest BCUT2D eigenvalue weighted by Gasteiger charge is -2.50. The monoisotopic (exact) mass is 598 g/mol. The fraction of sp³-hybridized carbons (Fsp3) is 0.520. The molecule has 6 atom stereocenters. The molecule has 0 bridgehead atoms. The molecule has 8 nitrogen and oxygen atoms in total. The van der Waals surface area contributed by atoms with E-state index in [0.29, 0.717) is 30.5 Å². The van der Waals surface area contributed by atoms with Gasteiger partial charge in [-0.1, -0.05) is 40.6 Å². The number of nitrogens with zero attached hydrogens (tertiary/aromatic N) is 2. The summed E-state index contributed by atoms with van der Waals surface area (Å²) in [4.78, 5) is 52.4. The van der Waals surface area contributed by atoms with Crippen LogP contribution in [0.4, 0.5) is 0 Å². The molecule has 1 N–H and O–H groups in total. The van der Waals surface area contributed by atoms with Gasteiger partial charge in [0.25, 0.3) is 11.8 Å². The van der Waals surface area contributed by atoms with Crippen LogP contribution in [0.2, 0.25) is 0 Å². The van der Waals surface area contributed by atoms with Crippen LogP contribution < -0.4 is 4.74 Å². The molecule has 36 heavy (non-hydrogen) atoms. The summed E-state index contributed by atoms with van der Waals surface area (Å²) in [6.45, 7) is 2.22. The summed E-state index contributed by atoms with van der Waals surface area (Å²) < 4.78 is 5.29. The van der Waals surface area contributed by atoms with Gasteiger partial charge in [0.15, 0.2) is 21.2 Å². The van der Waals surface area contributed by atoms with Crippen molar-refractivity contribution in [3.63, 3.8) is 0 Å². The third-order valence-electron chi connectivity index (χ3n) is 8.09. The number of imide groups is 2. The van der Waals surface area contributed by atoms with Crippen LogP contribution in [0.15, 0.2) is 29.8 Å². The van der Waals surface area contributed by atoms with Gasteiger partial charge in [-0.25, -0.2) is 0 Å². The molecule has 11 heteroatoms. The highest BCUT2D eigenvalue weighted by Gasteiger charge is 2.76. The zero-order valence-electron chi connectivity index (χ0n) is 19.7. The van der Waals surface area contributed by atoms with Gasteiger partial charge in [-0.2, -0.15) is 0 Å². The number of amides is 4. The number of ether oxygens (including phenoxy) is 1. The van der Waals surface area contributed by atoms with E-state index in [4.69, 9.17) is 27.9 Å². The standard InChI is InChI=1S/C25H25BrCl2N2O6/c1-3-8-29-20(32)14-6-5-13-15(18(14)21(29)33)10-24(27)22(34)30(11-26)23(35)25(24,28)19(13)12-4-7-16(31)17(9-12)36-2/h4-5,7,9,14-15,18-19,31H,3,6,8,10-11H2,1-2H3. The third-order valence-corrected chi connectivity index (χ3v) is 10.0. The van der Waals surface area contributed by atoms with Crippen molar-refractivity contribution >= 4 is 62.8 Å². The summed E-state index contributed by atoms with van der Waals surface area (Å²) in [6.07, 6.45) is 2.78. The van der Waals surface area contributed by atoms with Gasteiger partial charge in [-0.05, 0) is 42.9 Å². The lowest BCUT2D eigenvalue weighted by Crippen LogP contribution is -2.60. The molecular weight excluding hydrogens is 575 g/mol. The highest BCUT2D eigenvalue weighted by atomic mass is 79.9. The average molecular weight is 600 g/mol. The lowest BCUT2D eigenvalue weighted by atomic mass is 9.56. The SMILES string of the molecule is CCCN1C(=O)C2CC=C3C(CC4(Cl)C(=O)N(CBr)C(=O)C4(Cl)C3c3ccc(O)c(OC)c3)C2C1=O. The molecule has 6 unspecified atom stereocenters. The number of aromatic hydroxyl groups is 1. The van der Waals surface area contributed by atoms with Gasteiger partial charge < -0.3 is 9.84 Å². The predicted octanol–water partition coefficient (Wildman–Crippen LogP) is 3.52. The van der Waals surface area contributed by atoms with E-state index < -0.39 is 45.2 Å². The Kier molecular flexibility index (Phi) is 6.20. The van der Waals surface area contributed by atoms with Gasteiger partial charge in [0.05, 0.1) is 24.4 Å². The summed E-state index contributed by atoms with van der Waals surface area (Å²) >= 11 is 17.5. The number of phenols is 1. The number of methoxy groups -OCH3 is 1. The molecule has 2 aliphatic carbocycles. The van der Waals surface area contributed by atoms with E-state index in [2.05, 4.69) is 15.9 Å². The van der Waals surface area contributed by atoms with Crippen molar-refractivity contribution in [2.24, 2.45) is 17.8 Å². The number of hydrogen-bond donors (Lipinski definition) is 1. The number of halogens is 3. The maximum absolute atomic E-state index is 13.7. The first-order valence-electron chi connectivity index (χ1n) is 11.8. The minimum atomic E-state index is -1.88. The van der Waals surface area contributed by atoms with E-state index in [1.165, 1.54) is 18.1 Å². The van der Waals surface area contributed by atoms with Gasteiger partial charge in [-0.15, -0.1) is 23.2 Å². The van der Waals surface area contributed by atoms with Crippen LogP contribution >= 0.6 is 39.1 Å².